The number of nitrogens with one attached hydrogen (secondary N) is 1. The van der Waals surface area contributed by atoms with E-state index in [-0.39, 0.29) is 26.2 Å². The largest absolute Gasteiger partial charge is 0.491 e. The van der Waals surface area contributed by atoms with Crippen molar-refractivity contribution >= 4 is 11.9 Å². The molecule has 22 heavy (non-hydrogen) atoms. The summed E-state index contributed by atoms with van der Waals surface area (Å²) in [6, 6.07) is 9.25. The lowest BCUT2D eigenvalue weighted by Crippen LogP contribution is -2.56. The van der Waals surface area contributed by atoms with E-state index < -0.39 is 17.4 Å². The lowest BCUT2D eigenvalue weighted by molar-refractivity contribution is -0.148. The van der Waals surface area contributed by atoms with Crippen LogP contribution in [0.4, 0.5) is 0 Å². The molecule has 0 aromatic heterocycles. The summed E-state index contributed by atoms with van der Waals surface area (Å²) in [6.45, 7) is 0.625. The van der Waals surface area contributed by atoms with Crippen molar-refractivity contribution < 1.29 is 28.9 Å². The predicted molar refractivity (Wildman–Crippen MR) is 76.7 cm³/mol. The second-order valence-electron chi connectivity index (χ2n) is 4.95. The van der Waals surface area contributed by atoms with Gasteiger partial charge in [0.15, 0.2) is 5.54 Å². The Morgan fingerprint density at radius 1 is 1.27 bits per heavy atom. The molecule has 7 heteroatoms. The zero-order valence-corrected chi connectivity index (χ0v) is 12.1. The van der Waals surface area contributed by atoms with E-state index in [0.29, 0.717) is 13.2 Å². The summed E-state index contributed by atoms with van der Waals surface area (Å²) < 4.78 is 15.6. The van der Waals surface area contributed by atoms with Crippen LogP contribution in [0, 0.1) is 0 Å². The van der Waals surface area contributed by atoms with Gasteiger partial charge in [-0.3, -0.25) is 4.79 Å². The van der Waals surface area contributed by atoms with Crippen LogP contribution in [0.5, 0.6) is 5.75 Å². The molecule has 2 rings (SSSR count). The molecule has 1 saturated heterocycles. The lowest BCUT2D eigenvalue weighted by atomic mass is 9.99. The third-order valence-electron chi connectivity index (χ3n) is 3.28. The van der Waals surface area contributed by atoms with Crippen LogP contribution in [-0.2, 0) is 19.1 Å². The number of carboxylic acid groups (broad SMARTS) is 1. The Bertz CT molecular complexity index is 498. The van der Waals surface area contributed by atoms with Crippen LogP contribution in [0.1, 0.15) is 6.42 Å². The van der Waals surface area contributed by atoms with Crippen LogP contribution in [0.25, 0.3) is 0 Å². The minimum atomic E-state index is -1.33. The molecule has 120 valence electrons. The van der Waals surface area contributed by atoms with E-state index in [1.807, 2.05) is 30.3 Å². The van der Waals surface area contributed by atoms with Crippen molar-refractivity contribution in [2.24, 2.45) is 0 Å². The van der Waals surface area contributed by atoms with Crippen molar-refractivity contribution in [3.05, 3.63) is 30.3 Å². The second kappa shape index (κ2) is 7.77. The SMILES string of the molecule is O=C(COCCOc1ccccc1)NC1(C(=O)O)CCOC1. The number of carbonyl (C=O) groups excluding carboxylic acids is 1. The topological polar surface area (TPSA) is 94.1 Å². The number of hydrogen-bond donors (Lipinski definition) is 2. The summed E-state index contributed by atoms with van der Waals surface area (Å²) in [6.07, 6.45) is 0.255. The van der Waals surface area contributed by atoms with Crippen LogP contribution in [0.15, 0.2) is 30.3 Å². The smallest absolute Gasteiger partial charge is 0.331 e. The number of benzene rings is 1. The third kappa shape index (κ3) is 4.44. The molecule has 1 aliphatic rings. The molecule has 2 N–H and O–H groups in total. The van der Waals surface area contributed by atoms with E-state index in [9.17, 15) is 14.7 Å². The first kappa shape index (κ1) is 16.3. The highest BCUT2D eigenvalue weighted by Gasteiger charge is 2.43. The molecule has 0 bridgehead atoms. The molecule has 1 aliphatic heterocycles. The number of carbonyl (C=O) groups is 2. The number of ether oxygens (including phenoxy) is 3. The van der Waals surface area contributed by atoms with Crippen molar-refractivity contribution in [3.8, 4) is 5.75 Å². The zero-order chi connectivity index (χ0) is 15.8. The maximum absolute atomic E-state index is 11.7. The number of amides is 1. The Kier molecular flexibility index (Phi) is 5.74. The summed E-state index contributed by atoms with van der Waals surface area (Å²) >= 11 is 0. The molecule has 1 aromatic rings. The first-order valence-electron chi connectivity index (χ1n) is 7.00. The van der Waals surface area contributed by atoms with Gasteiger partial charge in [0.1, 0.15) is 19.0 Å². The highest BCUT2D eigenvalue weighted by molar-refractivity contribution is 5.87. The number of para-hydroxylation sites is 1. The highest BCUT2D eigenvalue weighted by Crippen LogP contribution is 2.18. The fourth-order valence-corrected chi connectivity index (χ4v) is 2.09. The van der Waals surface area contributed by atoms with Crippen molar-refractivity contribution in [2.45, 2.75) is 12.0 Å². The molecule has 0 saturated carbocycles. The van der Waals surface area contributed by atoms with E-state index in [1.165, 1.54) is 0 Å². The fourth-order valence-electron chi connectivity index (χ4n) is 2.09. The Balaban J connectivity index is 1.64. The first-order chi connectivity index (χ1) is 10.6. The van der Waals surface area contributed by atoms with Crippen LogP contribution >= 0.6 is 0 Å². The average Bonchev–Trinajstić information content (AvgIpc) is 2.98. The molecule has 1 heterocycles. The standard InChI is InChI=1S/C15H19NO6/c17-13(16-15(14(18)19)6-7-21-11-15)10-20-8-9-22-12-4-2-1-3-5-12/h1-5H,6-11H2,(H,16,17)(H,18,19). The Labute approximate surface area is 128 Å². The Morgan fingerprint density at radius 3 is 2.68 bits per heavy atom. The van der Waals surface area contributed by atoms with Gasteiger partial charge >= 0.3 is 5.97 Å². The van der Waals surface area contributed by atoms with Gasteiger partial charge in [-0.15, -0.1) is 0 Å². The van der Waals surface area contributed by atoms with Gasteiger partial charge in [-0.1, -0.05) is 18.2 Å². The molecular formula is C15H19NO6. The number of carboxylic acids is 1. The Hall–Kier alpha value is -2.12. The zero-order valence-electron chi connectivity index (χ0n) is 12.1. The number of aliphatic carboxylic acids is 1. The van der Waals surface area contributed by atoms with Crippen LogP contribution in [-0.4, -0.2) is 55.6 Å². The average molecular weight is 309 g/mol. The molecule has 0 spiro atoms. The van der Waals surface area contributed by atoms with E-state index in [2.05, 4.69) is 5.32 Å². The van der Waals surface area contributed by atoms with Gasteiger partial charge in [-0.05, 0) is 12.1 Å². The Morgan fingerprint density at radius 2 is 2.05 bits per heavy atom. The van der Waals surface area contributed by atoms with E-state index in [0.717, 1.165) is 5.75 Å². The van der Waals surface area contributed by atoms with Crippen LogP contribution in [0.2, 0.25) is 0 Å². The van der Waals surface area contributed by atoms with Crippen molar-refractivity contribution in [1.82, 2.24) is 5.32 Å². The second-order valence-corrected chi connectivity index (χ2v) is 4.95. The molecule has 7 nitrogen and oxygen atoms in total. The van der Waals surface area contributed by atoms with Gasteiger partial charge in [0.25, 0.3) is 0 Å². The molecule has 1 atom stereocenters. The molecule has 1 aromatic carbocycles. The summed E-state index contributed by atoms with van der Waals surface area (Å²) in [5.41, 5.74) is -1.33. The summed E-state index contributed by atoms with van der Waals surface area (Å²) in [5.74, 6) is -0.846. The molecule has 1 unspecified atom stereocenters. The third-order valence-corrected chi connectivity index (χ3v) is 3.28. The maximum Gasteiger partial charge on any atom is 0.331 e. The minimum Gasteiger partial charge on any atom is -0.491 e. The quantitative estimate of drug-likeness (QED) is 0.677. The van der Waals surface area contributed by atoms with Crippen molar-refractivity contribution in [3.63, 3.8) is 0 Å². The first-order valence-corrected chi connectivity index (χ1v) is 7.00. The molecular weight excluding hydrogens is 290 g/mol. The summed E-state index contributed by atoms with van der Waals surface area (Å²) in [4.78, 5) is 23.0. The molecule has 0 aliphatic carbocycles. The van der Waals surface area contributed by atoms with Gasteiger partial charge in [0.2, 0.25) is 5.91 Å². The maximum atomic E-state index is 11.7. The highest BCUT2D eigenvalue weighted by atomic mass is 16.5. The number of hydrogen-bond acceptors (Lipinski definition) is 5. The van der Waals surface area contributed by atoms with Crippen molar-refractivity contribution in [2.75, 3.05) is 33.0 Å². The summed E-state index contributed by atoms with van der Waals surface area (Å²) in [5, 5.41) is 11.7. The van der Waals surface area contributed by atoms with Crippen LogP contribution in [0.3, 0.4) is 0 Å². The van der Waals surface area contributed by atoms with Gasteiger partial charge in [0, 0.05) is 13.0 Å². The molecule has 0 radical (unpaired) electrons. The van der Waals surface area contributed by atoms with Crippen LogP contribution < -0.4 is 10.1 Å². The van der Waals surface area contributed by atoms with E-state index in [1.54, 1.807) is 0 Å². The van der Waals surface area contributed by atoms with E-state index >= 15 is 0 Å². The van der Waals surface area contributed by atoms with Gasteiger partial charge in [0.05, 0.1) is 13.2 Å². The van der Waals surface area contributed by atoms with Gasteiger partial charge < -0.3 is 24.6 Å². The molecule has 1 amide bonds. The fraction of sp³-hybridized carbons (Fsp3) is 0.467. The van der Waals surface area contributed by atoms with Gasteiger partial charge in [-0.25, -0.2) is 4.79 Å². The molecule has 1 fully saturated rings. The monoisotopic (exact) mass is 309 g/mol. The number of rotatable bonds is 8. The van der Waals surface area contributed by atoms with Crippen molar-refractivity contribution in [1.29, 1.82) is 0 Å². The summed E-state index contributed by atoms with van der Waals surface area (Å²) in [7, 11) is 0. The normalized spacial score (nSPS) is 20.5. The predicted octanol–water partition coefficient (Wildman–Crippen LogP) is 0.442. The lowest BCUT2D eigenvalue weighted by Gasteiger charge is -2.23. The van der Waals surface area contributed by atoms with Gasteiger partial charge in [-0.2, -0.15) is 0 Å². The van der Waals surface area contributed by atoms with E-state index in [4.69, 9.17) is 14.2 Å². The minimum absolute atomic E-state index is 0.0226.